The van der Waals surface area contributed by atoms with E-state index in [-0.39, 0.29) is 6.04 Å². The minimum Gasteiger partial charge on any atom is -0.312 e. The molecule has 1 atom stereocenters. The molecule has 0 rings (SSSR count). The molecule has 0 aromatic carbocycles. The molecule has 0 aliphatic rings. The monoisotopic (exact) mass is 156 g/mol. The first-order valence-electron chi connectivity index (χ1n) is 3.52. The van der Waals surface area contributed by atoms with Crippen molar-refractivity contribution in [2.24, 2.45) is 0 Å². The summed E-state index contributed by atoms with van der Waals surface area (Å²) < 4.78 is 2.19. The van der Waals surface area contributed by atoms with Gasteiger partial charge in [-0.05, 0) is 14.0 Å². The quantitative estimate of drug-likeness (QED) is 0.569. The number of rotatable bonds is 2. The van der Waals surface area contributed by atoms with Crippen molar-refractivity contribution in [2.45, 2.75) is 32.6 Å². The van der Waals surface area contributed by atoms with E-state index in [9.17, 15) is 0 Å². The molecule has 0 aromatic rings. The molecule has 2 nitrogen and oxygen atoms in total. The molecule has 0 amide bonds. The summed E-state index contributed by atoms with van der Waals surface area (Å²) in [5.74, 6) is 0. The predicted octanol–water partition coefficient (Wildman–Crippen LogP) is 1.67. The highest BCUT2D eigenvalue weighted by Crippen LogP contribution is 2.09. The van der Waals surface area contributed by atoms with Gasteiger partial charge in [-0.1, -0.05) is 19.6 Å². The van der Waals surface area contributed by atoms with Crippen LogP contribution in [0.3, 0.4) is 0 Å². The Morgan fingerprint density at radius 2 is 1.80 bits per heavy atom. The standard InChI is InChI=1S/C7H16N2Si/c1-7(6-8)9(2)10(3,4)5/h7H,1-5H3. The first kappa shape index (κ1) is 9.67. The van der Waals surface area contributed by atoms with Gasteiger partial charge in [-0.15, -0.1) is 0 Å². The highest BCUT2D eigenvalue weighted by atomic mass is 28.3. The average molecular weight is 156 g/mol. The lowest BCUT2D eigenvalue weighted by Crippen LogP contribution is -2.47. The molecule has 0 spiro atoms. The maximum Gasteiger partial charge on any atom is 0.120 e. The number of nitrogens with zero attached hydrogens (tertiary/aromatic N) is 2. The van der Waals surface area contributed by atoms with Crippen LogP contribution in [-0.2, 0) is 0 Å². The first-order valence-corrected chi connectivity index (χ1v) is 6.97. The highest BCUT2D eigenvalue weighted by Gasteiger charge is 2.23. The van der Waals surface area contributed by atoms with E-state index in [1.807, 2.05) is 14.0 Å². The molecule has 3 heteroatoms. The van der Waals surface area contributed by atoms with Crippen molar-refractivity contribution in [1.82, 2.24) is 4.57 Å². The second-order valence-corrected chi connectivity index (χ2v) is 8.63. The smallest absolute Gasteiger partial charge is 0.120 e. The second-order valence-electron chi connectivity index (χ2n) is 3.59. The maximum atomic E-state index is 8.60. The SMILES string of the molecule is CC(C#N)N(C)[Si](C)(C)C. The molecule has 0 saturated carbocycles. The molecule has 0 fully saturated rings. The normalized spacial score (nSPS) is 14.9. The molecule has 1 unspecified atom stereocenters. The van der Waals surface area contributed by atoms with Crippen LogP contribution in [0.4, 0.5) is 0 Å². The van der Waals surface area contributed by atoms with Crippen molar-refractivity contribution in [3.63, 3.8) is 0 Å². The van der Waals surface area contributed by atoms with E-state index in [0.717, 1.165) is 0 Å². The Balaban J connectivity index is 4.11. The molecular formula is C7H16N2Si. The lowest BCUT2D eigenvalue weighted by molar-refractivity contribution is 0.465. The summed E-state index contributed by atoms with van der Waals surface area (Å²) in [5, 5.41) is 8.60. The summed E-state index contributed by atoms with van der Waals surface area (Å²) in [5.41, 5.74) is 0. The van der Waals surface area contributed by atoms with Gasteiger partial charge in [0.05, 0.1) is 12.1 Å². The molecule has 0 aliphatic carbocycles. The van der Waals surface area contributed by atoms with Gasteiger partial charge in [0.15, 0.2) is 0 Å². The van der Waals surface area contributed by atoms with Crippen LogP contribution in [0.5, 0.6) is 0 Å². The molecule has 0 N–H and O–H groups in total. The van der Waals surface area contributed by atoms with Gasteiger partial charge < -0.3 is 4.57 Å². The van der Waals surface area contributed by atoms with Crippen LogP contribution >= 0.6 is 0 Å². The van der Waals surface area contributed by atoms with E-state index >= 15 is 0 Å². The largest absolute Gasteiger partial charge is 0.312 e. The van der Waals surface area contributed by atoms with Crippen molar-refractivity contribution < 1.29 is 0 Å². The van der Waals surface area contributed by atoms with E-state index in [1.165, 1.54) is 0 Å². The van der Waals surface area contributed by atoms with Crippen LogP contribution < -0.4 is 0 Å². The first-order chi connectivity index (χ1) is 4.39. The maximum absolute atomic E-state index is 8.60. The topological polar surface area (TPSA) is 27.0 Å². The zero-order valence-corrected chi connectivity index (χ0v) is 8.47. The summed E-state index contributed by atoms with van der Waals surface area (Å²) >= 11 is 0. The minimum atomic E-state index is -1.23. The van der Waals surface area contributed by atoms with Gasteiger partial charge in [0.2, 0.25) is 0 Å². The molecule has 0 aromatic heterocycles. The van der Waals surface area contributed by atoms with Gasteiger partial charge in [-0.2, -0.15) is 5.26 Å². The summed E-state index contributed by atoms with van der Waals surface area (Å²) in [4.78, 5) is 0. The van der Waals surface area contributed by atoms with Gasteiger partial charge in [0.1, 0.15) is 8.24 Å². The summed E-state index contributed by atoms with van der Waals surface area (Å²) in [6, 6.07) is 2.29. The zero-order valence-electron chi connectivity index (χ0n) is 7.47. The molecule has 0 radical (unpaired) electrons. The molecule has 0 saturated heterocycles. The van der Waals surface area contributed by atoms with Gasteiger partial charge in [0, 0.05) is 0 Å². The van der Waals surface area contributed by atoms with Crippen LogP contribution in [0.1, 0.15) is 6.92 Å². The fraction of sp³-hybridized carbons (Fsp3) is 0.857. The lowest BCUT2D eigenvalue weighted by Gasteiger charge is -2.31. The highest BCUT2D eigenvalue weighted by molar-refractivity contribution is 6.73. The Bertz CT molecular complexity index is 143. The summed E-state index contributed by atoms with van der Waals surface area (Å²) in [7, 11) is 0.794. The van der Waals surface area contributed by atoms with Crippen LogP contribution in [0.15, 0.2) is 0 Å². The van der Waals surface area contributed by atoms with Gasteiger partial charge in [0.25, 0.3) is 0 Å². The molecule has 0 aliphatic heterocycles. The number of nitriles is 1. The third-order valence-electron chi connectivity index (χ3n) is 1.83. The van der Waals surface area contributed by atoms with Crippen LogP contribution in [0.25, 0.3) is 0 Å². The Kier molecular flexibility index (Phi) is 3.07. The molecular weight excluding hydrogens is 140 g/mol. The van der Waals surface area contributed by atoms with Crippen molar-refractivity contribution in [3.05, 3.63) is 0 Å². The number of hydrogen-bond acceptors (Lipinski definition) is 2. The van der Waals surface area contributed by atoms with Crippen molar-refractivity contribution >= 4 is 8.24 Å². The lowest BCUT2D eigenvalue weighted by atomic mass is 10.4. The molecule has 58 valence electrons. The third-order valence-corrected chi connectivity index (χ3v) is 4.33. The summed E-state index contributed by atoms with van der Waals surface area (Å²) in [6.07, 6.45) is 0. The van der Waals surface area contributed by atoms with Gasteiger partial charge in [-0.25, -0.2) is 0 Å². The third kappa shape index (κ3) is 2.50. The minimum absolute atomic E-state index is 0.0617. The van der Waals surface area contributed by atoms with E-state index in [1.54, 1.807) is 0 Å². The van der Waals surface area contributed by atoms with Crippen molar-refractivity contribution in [3.8, 4) is 6.07 Å². The number of hydrogen-bond donors (Lipinski definition) is 0. The van der Waals surface area contributed by atoms with E-state index in [0.29, 0.717) is 0 Å². The van der Waals surface area contributed by atoms with E-state index in [4.69, 9.17) is 5.26 Å². The predicted molar refractivity (Wildman–Crippen MR) is 46.2 cm³/mol. The fourth-order valence-corrected chi connectivity index (χ4v) is 1.89. The van der Waals surface area contributed by atoms with Gasteiger partial charge in [-0.3, -0.25) is 0 Å². The summed E-state index contributed by atoms with van der Waals surface area (Å²) in [6.45, 7) is 8.65. The Morgan fingerprint density at radius 3 is 1.90 bits per heavy atom. The van der Waals surface area contributed by atoms with Crippen LogP contribution in [0, 0.1) is 11.3 Å². The molecule has 10 heavy (non-hydrogen) atoms. The van der Waals surface area contributed by atoms with Crippen molar-refractivity contribution in [1.29, 1.82) is 5.26 Å². The molecule has 0 bridgehead atoms. The Morgan fingerprint density at radius 1 is 1.40 bits per heavy atom. The van der Waals surface area contributed by atoms with Crippen LogP contribution in [-0.4, -0.2) is 25.9 Å². The fourth-order valence-electron chi connectivity index (χ4n) is 0.668. The van der Waals surface area contributed by atoms with E-state index < -0.39 is 8.24 Å². The van der Waals surface area contributed by atoms with E-state index in [2.05, 4.69) is 30.3 Å². The van der Waals surface area contributed by atoms with Crippen LogP contribution in [0.2, 0.25) is 19.6 Å². The van der Waals surface area contributed by atoms with Gasteiger partial charge >= 0.3 is 0 Å². The Hall–Kier alpha value is -0.333. The zero-order chi connectivity index (χ0) is 8.36. The average Bonchev–Trinajstić information content (AvgIpc) is 1.83. The molecule has 0 heterocycles. The second kappa shape index (κ2) is 3.18. The van der Waals surface area contributed by atoms with Crippen molar-refractivity contribution in [2.75, 3.05) is 7.05 Å². The Labute approximate surface area is 64.5 Å².